The predicted molar refractivity (Wildman–Crippen MR) is 115 cm³/mol. The number of ether oxygens (including phenoxy) is 2. The van der Waals surface area contributed by atoms with Crippen LogP contribution in [-0.2, 0) is 6.61 Å². The Morgan fingerprint density at radius 1 is 1.10 bits per heavy atom. The molecule has 30 heavy (non-hydrogen) atoms. The quantitative estimate of drug-likeness (QED) is 0.385. The van der Waals surface area contributed by atoms with Gasteiger partial charge in [-0.3, -0.25) is 4.79 Å². The number of halogens is 3. The lowest BCUT2D eigenvalue weighted by molar-refractivity contribution is 0.0955. The van der Waals surface area contributed by atoms with Crippen molar-refractivity contribution in [2.45, 2.75) is 6.61 Å². The van der Waals surface area contributed by atoms with Crippen molar-refractivity contribution in [3.05, 3.63) is 93.2 Å². The molecule has 0 bridgehead atoms. The molecule has 3 rings (SSSR count). The van der Waals surface area contributed by atoms with Gasteiger partial charge in [-0.05, 0) is 59.7 Å². The van der Waals surface area contributed by atoms with E-state index in [2.05, 4.69) is 10.5 Å². The molecule has 1 amide bonds. The van der Waals surface area contributed by atoms with Gasteiger partial charge in [0, 0.05) is 10.6 Å². The van der Waals surface area contributed by atoms with Crippen molar-refractivity contribution in [2.24, 2.45) is 5.10 Å². The number of rotatable bonds is 7. The molecule has 3 aromatic carbocycles. The number of methoxy groups -OCH3 is 1. The second-order valence-electron chi connectivity index (χ2n) is 6.16. The molecule has 0 spiro atoms. The number of hydrogen-bond acceptors (Lipinski definition) is 4. The molecule has 5 nitrogen and oxygen atoms in total. The molecule has 0 atom stereocenters. The van der Waals surface area contributed by atoms with Crippen LogP contribution >= 0.6 is 23.2 Å². The third-order valence-electron chi connectivity index (χ3n) is 4.03. The maximum Gasteiger partial charge on any atom is 0.271 e. The van der Waals surface area contributed by atoms with Crippen molar-refractivity contribution in [1.29, 1.82) is 0 Å². The first-order chi connectivity index (χ1) is 14.5. The fourth-order valence-electron chi connectivity index (χ4n) is 2.52. The summed E-state index contributed by atoms with van der Waals surface area (Å²) in [6.45, 7) is 0.195. The highest BCUT2D eigenvalue weighted by Gasteiger charge is 2.12. The highest BCUT2D eigenvalue weighted by molar-refractivity contribution is 6.32. The molecular weight excluding hydrogens is 430 g/mol. The number of hydrazone groups is 1. The average molecular weight is 447 g/mol. The number of nitrogens with one attached hydrogen (secondary N) is 1. The summed E-state index contributed by atoms with van der Waals surface area (Å²) in [4.78, 5) is 12.1. The molecule has 0 radical (unpaired) electrons. The standard InChI is InChI=1S/C22H17Cl2FN2O3/c1-29-20-11-15(12-26-27-22(28)16-4-6-17(23)7-5-16)10-19(24)21(20)30-13-14-2-8-18(25)9-3-14/h2-12H,13H2,1H3,(H,27,28)/b26-12-. The molecule has 8 heteroatoms. The first-order valence-electron chi connectivity index (χ1n) is 8.80. The summed E-state index contributed by atoms with van der Waals surface area (Å²) in [5.74, 6) is 0.0577. The van der Waals surface area contributed by atoms with E-state index in [1.807, 2.05) is 0 Å². The van der Waals surface area contributed by atoms with Crippen molar-refractivity contribution in [3.8, 4) is 11.5 Å². The Morgan fingerprint density at radius 3 is 2.47 bits per heavy atom. The first-order valence-corrected chi connectivity index (χ1v) is 9.55. The van der Waals surface area contributed by atoms with Crippen molar-refractivity contribution in [2.75, 3.05) is 7.11 Å². The second-order valence-corrected chi connectivity index (χ2v) is 7.00. The van der Waals surface area contributed by atoms with Crippen LogP contribution in [0.4, 0.5) is 4.39 Å². The minimum Gasteiger partial charge on any atom is -0.493 e. The largest absolute Gasteiger partial charge is 0.493 e. The molecule has 0 unspecified atom stereocenters. The van der Waals surface area contributed by atoms with Crippen LogP contribution in [0.1, 0.15) is 21.5 Å². The molecular formula is C22H17Cl2FN2O3. The molecule has 1 N–H and O–H groups in total. The lowest BCUT2D eigenvalue weighted by atomic mass is 10.2. The maximum absolute atomic E-state index is 13.0. The topological polar surface area (TPSA) is 59.9 Å². The normalized spacial score (nSPS) is 10.8. The van der Waals surface area contributed by atoms with Crippen LogP contribution in [0.15, 0.2) is 65.8 Å². The molecule has 154 valence electrons. The minimum atomic E-state index is -0.375. The highest BCUT2D eigenvalue weighted by atomic mass is 35.5. The van der Waals surface area contributed by atoms with Crippen LogP contribution < -0.4 is 14.9 Å². The number of nitrogens with zero attached hydrogens (tertiary/aromatic N) is 1. The van der Waals surface area contributed by atoms with Gasteiger partial charge in [0.2, 0.25) is 0 Å². The second kappa shape index (κ2) is 10.1. The summed E-state index contributed by atoms with van der Waals surface area (Å²) in [6.07, 6.45) is 1.44. The van der Waals surface area contributed by atoms with E-state index in [1.54, 1.807) is 48.5 Å². The molecule has 0 saturated carbocycles. The van der Waals surface area contributed by atoms with E-state index >= 15 is 0 Å². The van der Waals surface area contributed by atoms with Crippen LogP contribution in [-0.4, -0.2) is 19.2 Å². The summed E-state index contributed by atoms with van der Waals surface area (Å²) in [7, 11) is 1.49. The Bertz CT molecular complexity index is 1060. The van der Waals surface area contributed by atoms with Crippen molar-refractivity contribution >= 4 is 35.3 Å². The molecule has 0 aromatic heterocycles. The number of carbonyl (C=O) groups is 1. The SMILES string of the molecule is COc1cc(/C=N\NC(=O)c2ccc(Cl)cc2)cc(Cl)c1OCc1ccc(F)cc1. The molecule has 0 aliphatic rings. The van der Waals surface area contributed by atoms with Crippen LogP contribution in [0.25, 0.3) is 0 Å². The summed E-state index contributed by atoms with van der Waals surface area (Å²) in [6, 6.07) is 15.7. The minimum absolute atomic E-state index is 0.195. The Hall–Kier alpha value is -3.09. The zero-order chi connectivity index (χ0) is 21.5. The van der Waals surface area contributed by atoms with Crippen LogP contribution in [0.3, 0.4) is 0 Å². The maximum atomic E-state index is 13.0. The lowest BCUT2D eigenvalue weighted by Crippen LogP contribution is -2.17. The van der Waals surface area contributed by atoms with Gasteiger partial charge in [0.15, 0.2) is 11.5 Å². The number of carbonyl (C=O) groups excluding carboxylic acids is 1. The van der Waals surface area contributed by atoms with E-state index in [-0.39, 0.29) is 18.3 Å². The van der Waals surface area contributed by atoms with Gasteiger partial charge in [-0.25, -0.2) is 9.82 Å². The van der Waals surface area contributed by atoms with Gasteiger partial charge in [-0.15, -0.1) is 0 Å². The summed E-state index contributed by atoms with van der Waals surface area (Å²) in [5.41, 5.74) is 4.24. The van der Waals surface area contributed by atoms with Crippen molar-refractivity contribution in [3.63, 3.8) is 0 Å². The van der Waals surface area contributed by atoms with Gasteiger partial charge in [0.1, 0.15) is 12.4 Å². The first kappa shape index (κ1) is 21.6. The third-order valence-corrected chi connectivity index (χ3v) is 4.57. The van der Waals surface area contributed by atoms with Gasteiger partial charge in [-0.2, -0.15) is 5.10 Å². The van der Waals surface area contributed by atoms with Gasteiger partial charge >= 0.3 is 0 Å². The number of amides is 1. The Labute approximate surface area is 183 Å². The number of hydrogen-bond donors (Lipinski definition) is 1. The third kappa shape index (κ3) is 5.72. The molecule has 0 fully saturated rings. The number of benzene rings is 3. The van der Waals surface area contributed by atoms with Crippen LogP contribution in [0.2, 0.25) is 10.0 Å². The monoisotopic (exact) mass is 446 g/mol. The van der Waals surface area contributed by atoms with Crippen molar-refractivity contribution in [1.82, 2.24) is 5.43 Å². The van der Waals surface area contributed by atoms with E-state index in [4.69, 9.17) is 32.7 Å². The highest BCUT2D eigenvalue weighted by Crippen LogP contribution is 2.36. The zero-order valence-electron chi connectivity index (χ0n) is 15.9. The fraction of sp³-hybridized carbons (Fsp3) is 0.0909. The average Bonchev–Trinajstić information content (AvgIpc) is 2.74. The van der Waals surface area contributed by atoms with E-state index in [9.17, 15) is 9.18 Å². The van der Waals surface area contributed by atoms with Crippen LogP contribution in [0, 0.1) is 5.82 Å². The van der Waals surface area contributed by atoms with Gasteiger partial charge in [0.05, 0.1) is 18.3 Å². The molecule has 0 aliphatic heterocycles. The fourth-order valence-corrected chi connectivity index (χ4v) is 2.92. The van der Waals surface area contributed by atoms with E-state index in [0.29, 0.717) is 32.7 Å². The van der Waals surface area contributed by atoms with Gasteiger partial charge in [-0.1, -0.05) is 35.3 Å². The van der Waals surface area contributed by atoms with E-state index in [1.165, 1.54) is 25.5 Å². The predicted octanol–water partition coefficient (Wildman–Crippen LogP) is 5.48. The van der Waals surface area contributed by atoms with Gasteiger partial charge < -0.3 is 9.47 Å². The summed E-state index contributed by atoms with van der Waals surface area (Å²) in [5, 5.41) is 4.79. The van der Waals surface area contributed by atoms with Crippen molar-refractivity contribution < 1.29 is 18.7 Å². The Balaban J connectivity index is 1.68. The molecule has 0 heterocycles. The van der Waals surface area contributed by atoms with E-state index in [0.717, 1.165) is 5.56 Å². The van der Waals surface area contributed by atoms with E-state index < -0.39 is 0 Å². The zero-order valence-corrected chi connectivity index (χ0v) is 17.4. The van der Waals surface area contributed by atoms with Gasteiger partial charge in [0.25, 0.3) is 5.91 Å². The summed E-state index contributed by atoms with van der Waals surface area (Å²) < 4.78 is 24.1. The smallest absolute Gasteiger partial charge is 0.271 e. The lowest BCUT2D eigenvalue weighted by Gasteiger charge is -2.13. The Morgan fingerprint density at radius 2 is 1.80 bits per heavy atom. The molecule has 0 saturated heterocycles. The summed E-state index contributed by atoms with van der Waals surface area (Å²) >= 11 is 12.1. The Kier molecular flexibility index (Phi) is 7.27. The molecule has 3 aromatic rings. The van der Waals surface area contributed by atoms with Crippen LogP contribution in [0.5, 0.6) is 11.5 Å². The molecule has 0 aliphatic carbocycles.